The Kier molecular flexibility index (Phi) is 4.39. The average Bonchev–Trinajstić information content (AvgIpc) is 3.29. The lowest BCUT2D eigenvalue weighted by molar-refractivity contribution is 0.0913. The van der Waals surface area contributed by atoms with Gasteiger partial charge in [-0.2, -0.15) is 10.5 Å². The number of nitriles is 2. The Morgan fingerprint density at radius 3 is 3.04 bits per heavy atom. The standard InChI is InChI=1S/C16H14N6O2/c17-7-11-2-1-3-13(6-11)15-20-21-16(24-15)14(23)19-8-12-4-5-22(9-12)10-18/h1-3,6,12H,4-5,8-9H2,(H,19,23)/t12-/m0/s1. The van der Waals surface area contributed by atoms with Crippen molar-refractivity contribution in [3.05, 3.63) is 35.7 Å². The fourth-order valence-corrected chi connectivity index (χ4v) is 2.56. The maximum Gasteiger partial charge on any atom is 0.308 e. The third-order valence-electron chi connectivity index (χ3n) is 3.84. The van der Waals surface area contributed by atoms with Gasteiger partial charge in [0.1, 0.15) is 0 Å². The van der Waals surface area contributed by atoms with E-state index in [2.05, 4.69) is 21.7 Å². The number of nitrogens with zero attached hydrogens (tertiary/aromatic N) is 5. The molecular formula is C16H14N6O2. The van der Waals surface area contributed by atoms with Crippen LogP contribution in [0.5, 0.6) is 0 Å². The first kappa shape index (κ1) is 15.5. The molecule has 120 valence electrons. The van der Waals surface area contributed by atoms with E-state index in [-0.39, 0.29) is 17.7 Å². The smallest absolute Gasteiger partial charge is 0.308 e. The zero-order valence-electron chi connectivity index (χ0n) is 12.8. The summed E-state index contributed by atoms with van der Waals surface area (Å²) in [7, 11) is 0. The maximum absolute atomic E-state index is 12.1. The van der Waals surface area contributed by atoms with Crippen molar-refractivity contribution in [3.8, 4) is 23.7 Å². The first-order valence-electron chi connectivity index (χ1n) is 7.46. The van der Waals surface area contributed by atoms with Gasteiger partial charge in [0.05, 0.1) is 11.6 Å². The lowest BCUT2D eigenvalue weighted by atomic mass is 10.1. The van der Waals surface area contributed by atoms with Crippen molar-refractivity contribution in [2.24, 2.45) is 5.92 Å². The number of hydrogen-bond donors (Lipinski definition) is 1. The van der Waals surface area contributed by atoms with Crippen molar-refractivity contribution >= 4 is 5.91 Å². The minimum absolute atomic E-state index is 0.123. The van der Waals surface area contributed by atoms with Crippen LogP contribution in [0.25, 0.3) is 11.5 Å². The van der Waals surface area contributed by atoms with E-state index in [0.717, 1.165) is 13.0 Å². The normalized spacial score (nSPS) is 16.4. The third kappa shape index (κ3) is 3.33. The van der Waals surface area contributed by atoms with E-state index < -0.39 is 5.91 Å². The molecule has 1 aliphatic rings. The van der Waals surface area contributed by atoms with Crippen LogP contribution < -0.4 is 5.32 Å². The minimum Gasteiger partial charge on any atom is -0.412 e. The van der Waals surface area contributed by atoms with E-state index in [0.29, 0.717) is 24.2 Å². The zero-order chi connectivity index (χ0) is 16.9. The SMILES string of the molecule is N#Cc1cccc(-c2nnc(C(=O)NC[C@@H]3CCN(C#N)C3)o2)c1. The molecule has 0 radical (unpaired) electrons. The molecule has 1 aromatic heterocycles. The van der Waals surface area contributed by atoms with Gasteiger partial charge in [0, 0.05) is 25.2 Å². The van der Waals surface area contributed by atoms with Gasteiger partial charge in [-0.25, -0.2) is 0 Å². The first-order chi connectivity index (χ1) is 11.7. The second-order valence-electron chi connectivity index (χ2n) is 5.52. The molecule has 1 amide bonds. The Morgan fingerprint density at radius 1 is 1.42 bits per heavy atom. The van der Waals surface area contributed by atoms with E-state index in [1.165, 1.54) is 0 Å². The Labute approximate surface area is 138 Å². The van der Waals surface area contributed by atoms with Gasteiger partial charge in [0.15, 0.2) is 6.19 Å². The number of likely N-dealkylation sites (tertiary alicyclic amines) is 1. The molecule has 1 aliphatic heterocycles. The summed E-state index contributed by atoms with van der Waals surface area (Å²) in [4.78, 5) is 13.8. The quantitative estimate of drug-likeness (QED) is 0.838. The molecule has 1 saturated heterocycles. The fraction of sp³-hybridized carbons (Fsp3) is 0.312. The van der Waals surface area contributed by atoms with Crippen LogP contribution in [0.15, 0.2) is 28.7 Å². The summed E-state index contributed by atoms with van der Waals surface area (Å²) in [5, 5.41) is 28.1. The van der Waals surface area contributed by atoms with Crippen molar-refractivity contribution in [3.63, 3.8) is 0 Å². The summed E-state index contributed by atoms with van der Waals surface area (Å²) in [5.74, 6) is -0.139. The Hall–Kier alpha value is -3.39. The lowest BCUT2D eigenvalue weighted by Crippen LogP contribution is -2.30. The Morgan fingerprint density at radius 2 is 2.29 bits per heavy atom. The fourth-order valence-electron chi connectivity index (χ4n) is 2.56. The van der Waals surface area contributed by atoms with Gasteiger partial charge in [-0.1, -0.05) is 6.07 Å². The van der Waals surface area contributed by atoms with Crippen LogP contribution in [-0.2, 0) is 0 Å². The van der Waals surface area contributed by atoms with Crippen molar-refractivity contribution in [1.29, 1.82) is 10.5 Å². The molecule has 1 aromatic carbocycles. The summed E-state index contributed by atoms with van der Waals surface area (Å²) >= 11 is 0. The third-order valence-corrected chi connectivity index (χ3v) is 3.84. The molecule has 2 heterocycles. The van der Waals surface area contributed by atoms with Gasteiger partial charge in [0.2, 0.25) is 5.89 Å². The molecular weight excluding hydrogens is 308 g/mol. The number of carbonyl (C=O) groups excluding carboxylic acids is 1. The first-order valence-corrected chi connectivity index (χ1v) is 7.46. The highest BCUT2D eigenvalue weighted by Gasteiger charge is 2.23. The molecule has 1 atom stereocenters. The predicted molar refractivity (Wildman–Crippen MR) is 82.1 cm³/mol. The number of amides is 1. The predicted octanol–water partition coefficient (Wildman–Crippen LogP) is 1.14. The second-order valence-corrected chi connectivity index (χ2v) is 5.52. The molecule has 8 nitrogen and oxygen atoms in total. The maximum atomic E-state index is 12.1. The monoisotopic (exact) mass is 322 g/mol. The number of rotatable bonds is 4. The molecule has 0 spiro atoms. The van der Waals surface area contributed by atoms with Crippen LogP contribution in [0.4, 0.5) is 0 Å². The van der Waals surface area contributed by atoms with Crippen molar-refractivity contribution < 1.29 is 9.21 Å². The van der Waals surface area contributed by atoms with E-state index in [1.54, 1.807) is 29.2 Å². The molecule has 0 aliphatic carbocycles. The van der Waals surface area contributed by atoms with Gasteiger partial charge in [-0.3, -0.25) is 4.79 Å². The molecule has 1 fully saturated rings. The van der Waals surface area contributed by atoms with Gasteiger partial charge >= 0.3 is 11.8 Å². The van der Waals surface area contributed by atoms with E-state index in [1.807, 2.05) is 6.07 Å². The largest absolute Gasteiger partial charge is 0.412 e. The molecule has 0 unspecified atom stereocenters. The minimum atomic E-state index is -0.444. The van der Waals surface area contributed by atoms with Gasteiger partial charge in [0.25, 0.3) is 0 Å². The number of carbonyl (C=O) groups is 1. The lowest BCUT2D eigenvalue weighted by Gasteiger charge is -2.09. The topological polar surface area (TPSA) is 119 Å². The average molecular weight is 322 g/mol. The molecule has 8 heteroatoms. The van der Waals surface area contributed by atoms with Gasteiger partial charge in [-0.05, 0) is 30.5 Å². The summed E-state index contributed by atoms with van der Waals surface area (Å²) < 4.78 is 5.38. The highest BCUT2D eigenvalue weighted by molar-refractivity contribution is 5.89. The van der Waals surface area contributed by atoms with Crippen LogP contribution in [0.2, 0.25) is 0 Å². The van der Waals surface area contributed by atoms with Crippen molar-refractivity contribution in [2.75, 3.05) is 19.6 Å². The van der Waals surface area contributed by atoms with Gasteiger partial charge < -0.3 is 14.6 Å². The number of aromatic nitrogens is 2. The summed E-state index contributed by atoms with van der Waals surface area (Å²) in [6, 6.07) is 8.75. The molecule has 1 N–H and O–H groups in total. The Bertz CT molecular complexity index is 832. The molecule has 0 bridgehead atoms. The number of nitrogens with one attached hydrogen (secondary N) is 1. The van der Waals surface area contributed by atoms with Crippen molar-refractivity contribution in [2.45, 2.75) is 6.42 Å². The second kappa shape index (κ2) is 6.80. The van der Waals surface area contributed by atoms with Crippen LogP contribution in [0.1, 0.15) is 22.7 Å². The summed E-state index contributed by atoms with van der Waals surface area (Å²) in [5.41, 5.74) is 1.06. The van der Waals surface area contributed by atoms with Crippen LogP contribution in [0, 0.1) is 28.7 Å². The van der Waals surface area contributed by atoms with Crippen LogP contribution in [-0.4, -0.2) is 40.6 Å². The van der Waals surface area contributed by atoms with E-state index in [9.17, 15) is 4.79 Å². The number of hydrogen-bond acceptors (Lipinski definition) is 7. The summed E-state index contributed by atoms with van der Waals surface area (Å²) in [6.45, 7) is 1.82. The highest BCUT2D eigenvalue weighted by atomic mass is 16.4. The zero-order valence-corrected chi connectivity index (χ0v) is 12.8. The molecule has 0 saturated carbocycles. The van der Waals surface area contributed by atoms with E-state index >= 15 is 0 Å². The van der Waals surface area contributed by atoms with Crippen molar-refractivity contribution in [1.82, 2.24) is 20.4 Å². The molecule has 2 aromatic rings. The highest BCUT2D eigenvalue weighted by Crippen LogP contribution is 2.19. The molecule has 3 rings (SSSR count). The van der Waals surface area contributed by atoms with Crippen LogP contribution >= 0.6 is 0 Å². The van der Waals surface area contributed by atoms with Gasteiger partial charge in [-0.15, -0.1) is 10.2 Å². The van der Waals surface area contributed by atoms with E-state index in [4.69, 9.17) is 14.9 Å². The van der Waals surface area contributed by atoms with Crippen LogP contribution in [0.3, 0.4) is 0 Å². The Balaban J connectivity index is 1.62. The summed E-state index contributed by atoms with van der Waals surface area (Å²) in [6.07, 6.45) is 2.97. The number of benzene rings is 1. The molecule has 24 heavy (non-hydrogen) atoms.